The number of carbonyl (C=O) groups excluding carboxylic acids is 2. The molecule has 0 fully saturated rings. The maximum Gasteiger partial charge on any atom is 0.220 e. The minimum Gasteiger partial charge on any atom is -0.361 e. The minimum absolute atomic E-state index is 0.0324. The molecule has 1 unspecified atom stereocenters. The first-order chi connectivity index (χ1) is 15.1. The molecule has 0 aliphatic carbocycles. The molecule has 1 heterocycles. The molecule has 1 amide bonds. The van der Waals surface area contributed by atoms with Crippen molar-refractivity contribution in [2.24, 2.45) is 0 Å². The molecule has 156 valence electrons. The van der Waals surface area contributed by atoms with Gasteiger partial charge in [0.05, 0.1) is 0 Å². The highest BCUT2D eigenvalue weighted by Crippen LogP contribution is 2.34. The number of rotatable bonds is 8. The molecular weight excluding hydrogens is 408 g/mol. The van der Waals surface area contributed by atoms with Gasteiger partial charge in [0, 0.05) is 53.0 Å². The Labute approximate surface area is 186 Å². The second-order valence-electron chi connectivity index (χ2n) is 7.46. The first kappa shape index (κ1) is 20.9. The van der Waals surface area contributed by atoms with Crippen LogP contribution in [0.15, 0.2) is 85.1 Å². The second kappa shape index (κ2) is 9.63. The Morgan fingerprint density at radius 2 is 1.55 bits per heavy atom. The predicted octanol–water partition coefficient (Wildman–Crippen LogP) is 5.73. The Balaban J connectivity index is 1.49. The van der Waals surface area contributed by atoms with E-state index in [-0.39, 0.29) is 30.4 Å². The summed E-state index contributed by atoms with van der Waals surface area (Å²) in [7, 11) is 0. The Hall–Kier alpha value is -3.37. The van der Waals surface area contributed by atoms with Crippen LogP contribution in [-0.2, 0) is 4.79 Å². The lowest BCUT2D eigenvalue weighted by molar-refractivity contribution is -0.121. The number of hydrogen-bond acceptors (Lipinski definition) is 2. The molecule has 2 N–H and O–H groups in total. The normalized spacial score (nSPS) is 11.9. The SMILES string of the molecule is O=C(CCC(=O)c1ccccc1)NCC(c1ccccc1Cl)c1c[nH]c2ccccc12. The number of ketones is 1. The third-order valence-corrected chi connectivity index (χ3v) is 5.80. The molecular formula is C26H23ClN2O2. The summed E-state index contributed by atoms with van der Waals surface area (Å²) in [5.41, 5.74) is 3.69. The summed E-state index contributed by atoms with van der Waals surface area (Å²) in [5.74, 6) is -0.296. The summed E-state index contributed by atoms with van der Waals surface area (Å²) in [6, 6.07) is 24.8. The maximum atomic E-state index is 12.5. The molecule has 31 heavy (non-hydrogen) atoms. The van der Waals surface area contributed by atoms with Crippen LogP contribution in [0.25, 0.3) is 10.9 Å². The largest absolute Gasteiger partial charge is 0.361 e. The highest BCUT2D eigenvalue weighted by Gasteiger charge is 2.21. The highest BCUT2D eigenvalue weighted by molar-refractivity contribution is 6.31. The van der Waals surface area contributed by atoms with Crippen molar-refractivity contribution in [2.45, 2.75) is 18.8 Å². The molecule has 0 aliphatic rings. The quantitative estimate of drug-likeness (QED) is 0.350. The number of carbonyl (C=O) groups is 2. The number of benzene rings is 3. The molecule has 3 aromatic carbocycles. The average molecular weight is 431 g/mol. The number of Topliss-reactive ketones (excluding diaryl/α,β-unsaturated/α-hetero) is 1. The van der Waals surface area contributed by atoms with Gasteiger partial charge in [0.15, 0.2) is 5.78 Å². The zero-order valence-electron chi connectivity index (χ0n) is 17.0. The van der Waals surface area contributed by atoms with Gasteiger partial charge in [-0.05, 0) is 23.3 Å². The lowest BCUT2D eigenvalue weighted by atomic mass is 9.90. The predicted molar refractivity (Wildman–Crippen MR) is 125 cm³/mol. The molecule has 0 radical (unpaired) electrons. The Bertz CT molecular complexity index is 1200. The number of H-pyrrole nitrogens is 1. The zero-order chi connectivity index (χ0) is 21.6. The molecule has 5 heteroatoms. The first-order valence-corrected chi connectivity index (χ1v) is 10.7. The molecule has 1 atom stereocenters. The summed E-state index contributed by atoms with van der Waals surface area (Å²) in [5, 5.41) is 4.76. The van der Waals surface area contributed by atoms with Gasteiger partial charge in [0.25, 0.3) is 0 Å². The molecule has 0 saturated heterocycles. The van der Waals surface area contributed by atoms with Crippen molar-refractivity contribution in [2.75, 3.05) is 6.54 Å². The molecule has 0 aliphatic heterocycles. The van der Waals surface area contributed by atoms with E-state index in [1.165, 1.54) is 0 Å². The van der Waals surface area contributed by atoms with Gasteiger partial charge in [-0.25, -0.2) is 0 Å². The van der Waals surface area contributed by atoms with Crippen molar-refractivity contribution in [3.8, 4) is 0 Å². The van der Waals surface area contributed by atoms with E-state index in [9.17, 15) is 9.59 Å². The van der Waals surface area contributed by atoms with Crippen LogP contribution in [0, 0.1) is 0 Å². The molecule has 0 saturated carbocycles. The number of hydrogen-bond donors (Lipinski definition) is 2. The zero-order valence-corrected chi connectivity index (χ0v) is 17.7. The van der Waals surface area contributed by atoms with E-state index in [0.717, 1.165) is 22.0 Å². The lowest BCUT2D eigenvalue weighted by Crippen LogP contribution is -2.29. The number of para-hydroxylation sites is 1. The van der Waals surface area contributed by atoms with Crippen molar-refractivity contribution >= 4 is 34.2 Å². The van der Waals surface area contributed by atoms with E-state index in [2.05, 4.69) is 16.4 Å². The monoisotopic (exact) mass is 430 g/mol. The standard InChI is InChI=1S/C26H23ClN2O2/c27-23-12-6-4-10-19(23)21(22-16-28-24-13-7-5-11-20(22)24)17-29-26(31)15-14-25(30)18-8-2-1-3-9-18/h1-13,16,21,28H,14-15,17H2,(H,29,31). The fourth-order valence-corrected chi connectivity index (χ4v) is 4.09. The fraction of sp³-hybridized carbons (Fsp3) is 0.154. The van der Waals surface area contributed by atoms with Gasteiger partial charge in [0.1, 0.15) is 0 Å². The molecule has 4 aromatic rings. The van der Waals surface area contributed by atoms with Crippen molar-refractivity contribution < 1.29 is 9.59 Å². The lowest BCUT2D eigenvalue weighted by Gasteiger charge is -2.19. The molecule has 4 nitrogen and oxygen atoms in total. The van der Waals surface area contributed by atoms with Crippen LogP contribution in [0.5, 0.6) is 0 Å². The number of fused-ring (bicyclic) bond motifs is 1. The van der Waals surface area contributed by atoms with Gasteiger partial charge in [-0.2, -0.15) is 0 Å². The van der Waals surface area contributed by atoms with E-state index in [1.807, 2.05) is 66.9 Å². The fourth-order valence-electron chi connectivity index (χ4n) is 3.83. The van der Waals surface area contributed by atoms with Crippen LogP contribution >= 0.6 is 11.6 Å². The van der Waals surface area contributed by atoms with E-state index in [4.69, 9.17) is 11.6 Å². The van der Waals surface area contributed by atoms with E-state index >= 15 is 0 Å². The van der Waals surface area contributed by atoms with Crippen molar-refractivity contribution in [3.63, 3.8) is 0 Å². The Morgan fingerprint density at radius 3 is 2.35 bits per heavy atom. The topological polar surface area (TPSA) is 62.0 Å². The van der Waals surface area contributed by atoms with Crippen molar-refractivity contribution in [1.82, 2.24) is 10.3 Å². The minimum atomic E-state index is -0.152. The summed E-state index contributed by atoms with van der Waals surface area (Å²) in [6.07, 6.45) is 2.31. The average Bonchev–Trinajstić information content (AvgIpc) is 3.23. The van der Waals surface area contributed by atoms with Crippen molar-refractivity contribution in [1.29, 1.82) is 0 Å². The summed E-state index contributed by atoms with van der Waals surface area (Å²) in [6.45, 7) is 0.393. The Morgan fingerprint density at radius 1 is 0.839 bits per heavy atom. The number of aromatic amines is 1. The number of amides is 1. The van der Waals surface area contributed by atoms with Gasteiger partial charge < -0.3 is 10.3 Å². The maximum absolute atomic E-state index is 12.5. The van der Waals surface area contributed by atoms with Gasteiger partial charge in [0.2, 0.25) is 5.91 Å². The second-order valence-corrected chi connectivity index (χ2v) is 7.86. The summed E-state index contributed by atoms with van der Waals surface area (Å²) >= 11 is 6.51. The van der Waals surface area contributed by atoms with Crippen LogP contribution in [0.3, 0.4) is 0 Å². The van der Waals surface area contributed by atoms with Crippen LogP contribution in [0.1, 0.15) is 40.2 Å². The van der Waals surface area contributed by atoms with E-state index in [0.29, 0.717) is 17.1 Å². The first-order valence-electron chi connectivity index (χ1n) is 10.3. The molecule has 1 aromatic heterocycles. The van der Waals surface area contributed by atoms with Crippen LogP contribution in [0.2, 0.25) is 5.02 Å². The highest BCUT2D eigenvalue weighted by atomic mass is 35.5. The van der Waals surface area contributed by atoms with Crippen molar-refractivity contribution in [3.05, 3.63) is 107 Å². The van der Waals surface area contributed by atoms with Gasteiger partial charge in [-0.1, -0.05) is 78.3 Å². The summed E-state index contributed by atoms with van der Waals surface area (Å²) < 4.78 is 0. The number of aromatic nitrogens is 1. The van der Waals surface area contributed by atoms with Gasteiger partial charge in [-0.3, -0.25) is 9.59 Å². The van der Waals surface area contributed by atoms with Crippen LogP contribution < -0.4 is 5.32 Å². The molecule has 0 spiro atoms. The number of nitrogens with one attached hydrogen (secondary N) is 2. The molecule has 4 rings (SSSR count). The molecule has 0 bridgehead atoms. The third-order valence-electron chi connectivity index (χ3n) is 5.46. The van der Waals surface area contributed by atoms with E-state index in [1.54, 1.807) is 12.1 Å². The van der Waals surface area contributed by atoms with Crippen LogP contribution in [0.4, 0.5) is 0 Å². The van der Waals surface area contributed by atoms with Gasteiger partial charge >= 0.3 is 0 Å². The number of halogens is 1. The van der Waals surface area contributed by atoms with Crippen LogP contribution in [-0.4, -0.2) is 23.2 Å². The third kappa shape index (κ3) is 4.86. The Kier molecular flexibility index (Phi) is 6.48. The van der Waals surface area contributed by atoms with E-state index < -0.39 is 0 Å². The van der Waals surface area contributed by atoms with Gasteiger partial charge in [-0.15, -0.1) is 0 Å². The summed E-state index contributed by atoms with van der Waals surface area (Å²) in [4.78, 5) is 28.1. The smallest absolute Gasteiger partial charge is 0.220 e.